The van der Waals surface area contributed by atoms with Crippen LogP contribution < -0.4 is 4.74 Å². The van der Waals surface area contributed by atoms with Gasteiger partial charge in [0.2, 0.25) is 0 Å². The molecule has 0 spiro atoms. The Morgan fingerprint density at radius 1 is 1.59 bits per heavy atom. The van der Waals surface area contributed by atoms with E-state index >= 15 is 0 Å². The maximum Gasteiger partial charge on any atom is 0.312 e. The molecule has 0 aliphatic carbocycles. The first-order valence-electron chi connectivity index (χ1n) is 5.60. The molecule has 1 fully saturated rings. The van der Waals surface area contributed by atoms with Crippen LogP contribution in [0.3, 0.4) is 0 Å². The number of carbonyl (C=O) groups is 1. The van der Waals surface area contributed by atoms with Crippen LogP contribution in [0.15, 0.2) is 24.3 Å². The highest BCUT2D eigenvalue weighted by atomic mass is 16.5. The zero-order valence-electron chi connectivity index (χ0n) is 9.81. The van der Waals surface area contributed by atoms with Crippen molar-refractivity contribution in [1.29, 1.82) is 0 Å². The van der Waals surface area contributed by atoms with Crippen molar-refractivity contribution in [3.8, 4) is 5.75 Å². The summed E-state index contributed by atoms with van der Waals surface area (Å²) in [4.78, 5) is 11.4. The molecule has 0 radical (unpaired) electrons. The van der Waals surface area contributed by atoms with Gasteiger partial charge in [0.05, 0.1) is 19.1 Å². The summed E-state index contributed by atoms with van der Waals surface area (Å²) in [7, 11) is 1.60. The van der Waals surface area contributed by atoms with Crippen LogP contribution in [0.5, 0.6) is 5.75 Å². The van der Waals surface area contributed by atoms with Gasteiger partial charge in [0.25, 0.3) is 0 Å². The van der Waals surface area contributed by atoms with Crippen LogP contribution in [0.25, 0.3) is 0 Å². The highest BCUT2D eigenvalue weighted by Gasteiger charge is 2.42. The second-order valence-electron chi connectivity index (χ2n) is 4.42. The number of hydrogen-bond acceptors (Lipinski definition) is 3. The summed E-state index contributed by atoms with van der Waals surface area (Å²) in [6.45, 7) is 0.815. The Balaban J connectivity index is 2.20. The second-order valence-corrected chi connectivity index (χ2v) is 4.42. The number of methoxy groups -OCH3 is 1. The number of carboxylic acid groups (broad SMARTS) is 1. The summed E-state index contributed by atoms with van der Waals surface area (Å²) in [5.74, 6) is -0.0280. The lowest BCUT2D eigenvalue weighted by molar-refractivity contribution is -0.148. The van der Waals surface area contributed by atoms with Crippen molar-refractivity contribution in [3.63, 3.8) is 0 Å². The quantitative estimate of drug-likeness (QED) is 0.865. The molecule has 1 aliphatic rings. The maximum absolute atomic E-state index is 11.4. The van der Waals surface area contributed by atoms with Gasteiger partial charge >= 0.3 is 5.97 Å². The Hall–Kier alpha value is -1.55. The Labute approximate surface area is 100 Å². The summed E-state index contributed by atoms with van der Waals surface area (Å²) in [5, 5.41) is 9.34. The maximum atomic E-state index is 11.4. The lowest BCUT2D eigenvalue weighted by Gasteiger charge is -2.22. The SMILES string of the molecule is COc1cccc(CC2(C(=O)O)CCOC2)c1. The molecule has 1 aliphatic heterocycles. The minimum atomic E-state index is -0.780. The number of rotatable bonds is 4. The topological polar surface area (TPSA) is 55.8 Å². The molecule has 0 bridgehead atoms. The first-order valence-corrected chi connectivity index (χ1v) is 5.60. The number of hydrogen-bond donors (Lipinski definition) is 1. The van der Waals surface area contributed by atoms with Gasteiger partial charge in [-0.15, -0.1) is 0 Å². The second kappa shape index (κ2) is 4.75. The Bertz CT molecular complexity index is 408. The molecule has 4 nitrogen and oxygen atoms in total. The summed E-state index contributed by atoms with van der Waals surface area (Å²) in [5.41, 5.74) is 0.198. The van der Waals surface area contributed by atoms with Crippen molar-refractivity contribution in [3.05, 3.63) is 29.8 Å². The van der Waals surface area contributed by atoms with E-state index in [-0.39, 0.29) is 0 Å². The van der Waals surface area contributed by atoms with Crippen molar-refractivity contribution in [2.45, 2.75) is 12.8 Å². The lowest BCUT2D eigenvalue weighted by atomic mass is 9.81. The van der Waals surface area contributed by atoms with Crippen molar-refractivity contribution in [1.82, 2.24) is 0 Å². The standard InChI is InChI=1S/C13H16O4/c1-16-11-4-2-3-10(7-11)8-13(12(14)15)5-6-17-9-13/h2-4,7H,5-6,8-9H2,1H3,(H,14,15). The first kappa shape index (κ1) is 11.9. The van der Waals surface area contributed by atoms with E-state index in [1.807, 2.05) is 24.3 Å². The predicted molar refractivity (Wildman–Crippen MR) is 62.2 cm³/mol. The Morgan fingerprint density at radius 3 is 3.00 bits per heavy atom. The fourth-order valence-corrected chi connectivity index (χ4v) is 2.16. The van der Waals surface area contributed by atoms with E-state index in [9.17, 15) is 9.90 Å². The number of ether oxygens (including phenoxy) is 2. The van der Waals surface area contributed by atoms with E-state index < -0.39 is 11.4 Å². The van der Waals surface area contributed by atoms with E-state index in [1.54, 1.807) is 7.11 Å². The summed E-state index contributed by atoms with van der Waals surface area (Å²) in [6.07, 6.45) is 1.05. The molecule has 2 rings (SSSR count). The number of carboxylic acids is 1. The van der Waals surface area contributed by atoms with Gasteiger partial charge in [-0.05, 0) is 30.5 Å². The minimum absolute atomic E-state index is 0.291. The van der Waals surface area contributed by atoms with Gasteiger partial charge in [0.1, 0.15) is 5.75 Å². The molecular weight excluding hydrogens is 220 g/mol. The average molecular weight is 236 g/mol. The molecule has 1 aromatic rings. The number of benzene rings is 1. The molecule has 92 valence electrons. The zero-order valence-corrected chi connectivity index (χ0v) is 9.81. The van der Waals surface area contributed by atoms with Gasteiger partial charge in [0.15, 0.2) is 0 Å². The summed E-state index contributed by atoms with van der Waals surface area (Å²) >= 11 is 0. The van der Waals surface area contributed by atoms with E-state index in [4.69, 9.17) is 9.47 Å². The molecule has 1 atom stereocenters. The van der Waals surface area contributed by atoms with Gasteiger partial charge in [-0.25, -0.2) is 0 Å². The van der Waals surface area contributed by atoms with E-state index in [0.29, 0.717) is 26.1 Å². The van der Waals surface area contributed by atoms with E-state index in [1.165, 1.54) is 0 Å². The van der Waals surface area contributed by atoms with Crippen LogP contribution in [-0.2, 0) is 16.0 Å². The van der Waals surface area contributed by atoms with Gasteiger partial charge in [-0.2, -0.15) is 0 Å². The third-order valence-corrected chi connectivity index (χ3v) is 3.23. The molecule has 1 N–H and O–H groups in total. The van der Waals surface area contributed by atoms with Crippen LogP contribution in [0.4, 0.5) is 0 Å². The lowest BCUT2D eigenvalue weighted by Crippen LogP contribution is -2.33. The highest BCUT2D eigenvalue weighted by molar-refractivity contribution is 5.75. The van der Waals surface area contributed by atoms with Crippen LogP contribution in [0, 0.1) is 5.41 Å². The molecule has 1 heterocycles. The molecule has 1 saturated heterocycles. The van der Waals surface area contributed by atoms with Crippen LogP contribution in [-0.4, -0.2) is 31.4 Å². The summed E-state index contributed by atoms with van der Waals surface area (Å²) < 4.78 is 10.4. The van der Waals surface area contributed by atoms with Gasteiger partial charge in [-0.1, -0.05) is 12.1 Å². The van der Waals surface area contributed by atoms with Crippen molar-refractivity contribution in [2.75, 3.05) is 20.3 Å². The Morgan fingerprint density at radius 2 is 2.41 bits per heavy atom. The van der Waals surface area contributed by atoms with Crippen molar-refractivity contribution in [2.24, 2.45) is 5.41 Å². The van der Waals surface area contributed by atoms with Crippen LogP contribution in [0.1, 0.15) is 12.0 Å². The fourth-order valence-electron chi connectivity index (χ4n) is 2.16. The average Bonchev–Trinajstić information content (AvgIpc) is 2.79. The fraction of sp³-hybridized carbons (Fsp3) is 0.462. The number of aliphatic carboxylic acids is 1. The molecule has 1 aromatic carbocycles. The van der Waals surface area contributed by atoms with Crippen molar-refractivity contribution < 1.29 is 19.4 Å². The normalized spacial score (nSPS) is 23.6. The van der Waals surface area contributed by atoms with E-state index in [2.05, 4.69) is 0 Å². The predicted octanol–water partition coefficient (Wildman–Crippen LogP) is 1.73. The van der Waals surface area contributed by atoms with Crippen LogP contribution >= 0.6 is 0 Å². The van der Waals surface area contributed by atoms with Gasteiger partial charge in [0, 0.05) is 6.61 Å². The summed E-state index contributed by atoms with van der Waals surface area (Å²) in [6, 6.07) is 7.52. The Kier molecular flexibility index (Phi) is 3.33. The third kappa shape index (κ3) is 2.42. The highest BCUT2D eigenvalue weighted by Crippen LogP contribution is 2.33. The van der Waals surface area contributed by atoms with Crippen LogP contribution in [0.2, 0.25) is 0 Å². The third-order valence-electron chi connectivity index (χ3n) is 3.23. The molecule has 4 heteroatoms. The smallest absolute Gasteiger partial charge is 0.312 e. The molecular formula is C13H16O4. The minimum Gasteiger partial charge on any atom is -0.497 e. The molecule has 1 unspecified atom stereocenters. The molecule has 0 saturated carbocycles. The largest absolute Gasteiger partial charge is 0.497 e. The monoisotopic (exact) mass is 236 g/mol. The molecule has 0 aromatic heterocycles. The van der Waals surface area contributed by atoms with Gasteiger partial charge in [-0.3, -0.25) is 4.79 Å². The molecule has 17 heavy (non-hydrogen) atoms. The first-order chi connectivity index (χ1) is 8.16. The van der Waals surface area contributed by atoms with Crippen molar-refractivity contribution >= 4 is 5.97 Å². The zero-order chi connectivity index (χ0) is 12.3. The molecule has 0 amide bonds. The van der Waals surface area contributed by atoms with E-state index in [0.717, 1.165) is 11.3 Å². The van der Waals surface area contributed by atoms with Gasteiger partial charge < -0.3 is 14.6 Å².